The van der Waals surface area contributed by atoms with Crippen LogP contribution in [0.3, 0.4) is 0 Å². The molecular formula is C9H13ClN2O2S. The predicted molar refractivity (Wildman–Crippen MR) is 60.3 cm³/mol. The van der Waals surface area contributed by atoms with Crippen molar-refractivity contribution in [2.24, 2.45) is 0 Å². The molecule has 1 unspecified atom stereocenters. The first kappa shape index (κ1) is 12.4. The molecule has 0 bridgehead atoms. The molecule has 0 aromatic carbocycles. The molecule has 0 aliphatic rings. The van der Waals surface area contributed by atoms with Crippen LogP contribution in [0, 0.1) is 0 Å². The Hall–Kier alpha value is -0.650. The summed E-state index contributed by atoms with van der Waals surface area (Å²) in [5.41, 5.74) is 0. The normalized spacial score (nSPS) is 13.1. The lowest BCUT2D eigenvalue weighted by Gasteiger charge is -2.21. The van der Waals surface area contributed by atoms with E-state index < -0.39 is 12.0 Å². The largest absolute Gasteiger partial charge is 0.480 e. The number of aliphatic carboxylic acids is 1. The monoisotopic (exact) mass is 248 g/mol. The number of carboxylic acid groups (broad SMARTS) is 1. The van der Waals surface area contributed by atoms with Gasteiger partial charge in [-0.1, -0.05) is 18.5 Å². The first-order valence-corrected chi connectivity index (χ1v) is 5.77. The Kier molecular flexibility index (Phi) is 4.50. The highest BCUT2D eigenvalue weighted by Crippen LogP contribution is 2.20. The zero-order valence-corrected chi connectivity index (χ0v) is 10.2. The lowest BCUT2D eigenvalue weighted by atomic mass is 10.2. The highest BCUT2D eigenvalue weighted by molar-refractivity contribution is 7.15. The van der Waals surface area contributed by atoms with Gasteiger partial charge in [0.1, 0.15) is 15.4 Å². The molecule has 15 heavy (non-hydrogen) atoms. The highest BCUT2D eigenvalue weighted by atomic mass is 35.5. The van der Waals surface area contributed by atoms with Gasteiger partial charge < -0.3 is 5.11 Å². The zero-order chi connectivity index (χ0) is 11.4. The number of hydrogen-bond donors (Lipinski definition) is 1. The Labute approximate surface area is 97.5 Å². The van der Waals surface area contributed by atoms with Crippen LogP contribution in [0.5, 0.6) is 0 Å². The van der Waals surface area contributed by atoms with E-state index in [4.69, 9.17) is 16.7 Å². The summed E-state index contributed by atoms with van der Waals surface area (Å²) in [4.78, 5) is 16.7. The molecule has 0 saturated carbocycles. The average Bonchev–Trinajstić information content (AvgIpc) is 2.51. The van der Waals surface area contributed by atoms with E-state index >= 15 is 0 Å². The smallest absolute Gasteiger partial charge is 0.320 e. The molecule has 1 N–H and O–H groups in total. The predicted octanol–water partition coefficient (Wildman–Crippen LogP) is 2.09. The summed E-state index contributed by atoms with van der Waals surface area (Å²) in [5, 5.41) is 9.78. The van der Waals surface area contributed by atoms with Gasteiger partial charge in [-0.05, 0) is 13.5 Å². The van der Waals surface area contributed by atoms with Gasteiger partial charge in [-0.15, -0.1) is 11.3 Å². The number of hydrogen-bond acceptors (Lipinski definition) is 4. The third-order valence-corrected chi connectivity index (χ3v) is 3.21. The first-order valence-electron chi connectivity index (χ1n) is 4.57. The van der Waals surface area contributed by atoms with Crippen molar-refractivity contribution in [3.8, 4) is 0 Å². The van der Waals surface area contributed by atoms with Crippen LogP contribution in [0.25, 0.3) is 0 Å². The van der Waals surface area contributed by atoms with E-state index in [-0.39, 0.29) is 0 Å². The third-order valence-electron chi connectivity index (χ3n) is 2.11. The van der Waals surface area contributed by atoms with Crippen molar-refractivity contribution in [3.05, 3.63) is 15.5 Å². The number of aromatic nitrogens is 1. The van der Waals surface area contributed by atoms with Crippen molar-refractivity contribution >= 4 is 28.9 Å². The second kappa shape index (κ2) is 5.44. The summed E-state index contributed by atoms with van der Waals surface area (Å²) >= 11 is 7.12. The number of nitrogens with zero attached hydrogens (tertiary/aromatic N) is 2. The topological polar surface area (TPSA) is 53.4 Å². The van der Waals surface area contributed by atoms with Crippen LogP contribution < -0.4 is 0 Å². The van der Waals surface area contributed by atoms with E-state index in [9.17, 15) is 4.79 Å². The maximum atomic E-state index is 10.9. The van der Waals surface area contributed by atoms with Gasteiger partial charge >= 0.3 is 5.97 Å². The van der Waals surface area contributed by atoms with Crippen LogP contribution in [0.15, 0.2) is 6.20 Å². The third kappa shape index (κ3) is 3.44. The van der Waals surface area contributed by atoms with Crippen LogP contribution >= 0.6 is 22.9 Å². The molecule has 84 valence electrons. The molecule has 0 amide bonds. The molecule has 4 nitrogen and oxygen atoms in total. The molecule has 1 heterocycles. The minimum atomic E-state index is -0.803. The van der Waals surface area contributed by atoms with E-state index in [2.05, 4.69) is 4.98 Å². The SMILES string of the molecule is CCC(C(=O)O)N(C)Cc1ncc(Cl)s1. The quantitative estimate of drug-likeness (QED) is 0.867. The number of carbonyl (C=O) groups is 1. The number of carboxylic acids is 1. The van der Waals surface area contributed by atoms with Crippen molar-refractivity contribution in [1.82, 2.24) is 9.88 Å². The minimum absolute atomic E-state index is 0.465. The number of rotatable bonds is 5. The lowest BCUT2D eigenvalue weighted by Crippen LogP contribution is -2.37. The Morgan fingerprint density at radius 1 is 1.80 bits per heavy atom. The Morgan fingerprint density at radius 2 is 2.47 bits per heavy atom. The molecule has 0 saturated heterocycles. The van der Waals surface area contributed by atoms with E-state index in [0.29, 0.717) is 17.3 Å². The van der Waals surface area contributed by atoms with E-state index in [1.165, 1.54) is 11.3 Å². The Balaban J connectivity index is 2.61. The van der Waals surface area contributed by atoms with Crippen LogP contribution in [0.1, 0.15) is 18.4 Å². The highest BCUT2D eigenvalue weighted by Gasteiger charge is 2.21. The van der Waals surface area contributed by atoms with Crippen LogP contribution in [-0.2, 0) is 11.3 Å². The summed E-state index contributed by atoms with van der Waals surface area (Å²) in [7, 11) is 1.78. The molecular weight excluding hydrogens is 236 g/mol. The van der Waals surface area contributed by atoms with Crippen LogP contribution in [0.2, 0.25) is 4.34 Å². The molecule has 6 heteroatoms. The van der Waals surface area contributed by atoms with Gasteiger partial charge in [0.15, 0.2) is 0 Å². The standard InChI is InChI=1S/C9H13ClN2O2S/c1-3-6(9(13)14)12(2)5-8-11-4-7(10)15-8/h4,6H,3,5H2,1-2H3,(H,13,14). The molecule has 0 radical (unpaired) electrons. The van der Waals surface area contributed by atoms with Crippen molar-refractivity contribution in [1.29, 1.82) is 0 Å². The van der Waals surface area contributed by atoms with Gasteiger partial charge in [0.2, 0.25) is 0 Å². The molecule has 1 aromatic heterocycles. The maximum Gasteiger partial charge on any atom is 0.320 e. The minimum Gasteiger partial charge on any atom is -0.480 e. The van der Waals surface area contributed by atoms with Crippen LogP contribution in [0.4, 0.5) is 0 Å². The molecule has 0 aliphatic carbocycles. The summed E-state index contributed by atoms with van der Waals surface area (Å²) in [6.45, 7) is 2.37. The fraction of sp³-hybridized carbons (Fsp3) is 0.556. The number of halogens is 1. The molecule has 0 fully saturated rings. The van der Waals surface area contributed by atoms with Gasteiger partial charge in [-0.3, -0.25) is 9.69 Å². The van der Waals surface area contributed by atoms with Gasteiger partial charge in [0, 0.05) is 0 Å². The van der Waals surface area contributed by atoms with Crippen molar-refractivity contribution < 1.29 is 9.90 Å². The van der Waals surface area contributed by atoms with Crippen molar-refractivity contribution in [2.45, 2.75) is 25.9 Å². The summed E-state index contributed by atoms with van der Waals surface area (Å²) < 4.78 is 0.627. The molecule has 1 aromatic rings. The van der Waals surface area contributed by atoms with Gasteiger partial charge in [0.25, 0.3) is 0 Å². The zero-order valence-electron chi connectivity index (χ0n) is 8.61. The Morgan fingerprint density at radius 3 is 2.87 bits per heavy atom. The van der Waals surface area contributed by atoms with Crippen molar-refractivity contribution in [2.75, 3.05) is 7.05 Å². The fourth-order valence-corrected chi connectivity index (χ4v) is 2.38. The summed E-state index contributed by atoms with van der Waals surface area (Å²) in [6.07, 6.45) is 2.15. The van der Waals surface area contributed by atoms with Crippen molar-refractivity contribution in [3.63, 3.8) is 0 Å². The maximum absolute atomic E-state index is 10.9. The molecule has 0 aliphatic heterocycles. The molecule has 1 rings (SSSR count). The molecule has 1 atom stereocenters. The average molecular weight is 249 g/mol. The molecule has 0 spiro atoms. The lowest BCUT2D eigenvalue weighted by molar-refractivity contribution is -0.143. The van der Waals surface area contributed by atoms with Gasteiger partial charge in [0.05, 0.1) is 12.7 Å². The van der Waals surface area contributed by atoms with Crippen LogP contribution in [-0.4, -0.2) is 34.0 Å². The van der Waals surface area contributed by atoms with Gasteiger partial charge in [-0.2, -0.15) is 0 Å². The Bertz CT molecular complexity index is 343. The first-order chi connectivity index (χ1) is 7.04. The number of likely N-dealkylation sites (N-methyl/N-ethyl adjacent to an activating group) is 1. The van der Waals surface area contributed by atoms with E-state index in [1.807, 2.05) is 6.92 Å². The van der Waals surface area contributed by atoms with E-state index in [0.717, 1.165) is 5.01 Å². The fourth-order valence-electron chi connectivity index (χ4n) is 1.36. The second-order valence-corrected chi connectivity index (χ2v) is 4.98. The van der Waals surface area contributed by atoms with Gasteiger partial charge in [-0.25, -0.2) is 4.98 Å². The second-order valence-electron chi connectivity index (χ2n) is 3.24. The number of thiazole rings is 1. The van der Waals surface area contributed by atoms with E-state index in [1.54, 1.807) is 18.1 Å². The summed E-state index contributed by atoms with van der Waals surface area (Å²) in [6, 6.07) is -0.465. The summed E-state index contributed by atoms with van der Waals surface area (Å²) in [5.74, 6) is -0.803.